The van der Waals surface area contributed by atoms with Crippen LogP contribution in [0, 0.1) is 6.92 Å². The Morgan fingerprint density at radius 2 is 2.25 bits per heavy atom. The maximum atomic E-state index is 11.6. The van der Waals surface area contributed by atoms with Gasteiger partial charge in [-0.1, -0.05) is 36.8 Å². The van der Waals surface area contributed by atoms with Gasteiger partial charge in [0.05, 0.1) is 19.1 Å². The smallest absolute Gasteiger partial charge is 0.224 e. The Kier molecular flexibility index (Phi) is 4.99. The van der Waals surface area contributed by atoms with Crippen molar-refractivity contribution >= 4 is 5.91 Å². The molecule has 88 valence electrons. The van der Waals surface area contributed by atoms with Gasteiger partial charge in [0.2, 0.25) is 5.91 Å². The van der Waals surface area contributed by atoms with E-state index in [2.05, 4.69) is 5.32 Å². The predicted molar refractivity (Wildman–Crippen MR) is 64.2 cm³/mol. The second-order valence-corrected chi connectivity index (χ2v) is 4.02. The fourth-order valence-corrected chi connectivity index (χ4v) is 1.56. The van der Waals surface area contributed by atoms with Crippen LogP contribution in [0.1, 0.15) is 24.5 Å². The molecule has 1 amide bonds. The summed E-state index contributed by atoms with van der Waals surface area (Å²) in [6, 6.07) is 7.76. The third-order valence-electron chi connectivity index (χ3n) is 2.53. The molecule has 3 nitrogen and oxygen atoms in total. The zero-order chi connectivity index (χ0) is 12.0. The lowest BCUT2D eigenvalue weighted by atomic mass is 10.1. The highest BCUT2D eigenvalue weighted by molar-refractivity contribution is 5.78. The molecule has 0 spiro atoms. The largest absolute Gasteiger partial charge is 0.394 e. The van der Waals surface area contributed by atoms with Gasteiger partial charge in [0, 0.05) is 0 Å². The standard InChI is InChI=1S/C13H19NO2/c1-3-12(9-15)14-13(16)8-11-6-4-5-10(2)7-11/h4-7,12,15H,3,8-9H2,1-2H3,(H,14,16). The number of aliphatic hydroxyl groups excluding tert-OH is 1. The van der Waals surface area contributed by atoms with E-state index in [1.54, 1.807) is 0 Å². The number of hydrogen-bond donors (Lipinski definition) is 2. The van der Waals surface area contributed by atoms with Gasteiger partial charge in [0.25, 0.3) is 0 Å². The number of aliphatic hydroxyl groups is 1. The van der Waals surface area contributed by atoms with Crippen molar-refractivity contribution in [2.24, 2.45) is 0 Å². The molecule has 0 aliphatic heterocycles. The van der Waals surface area contributed by atoms with Crippen molar-refractivity contribution in [3.63, 3.8) is 0 Å². The lowest BCUT2D eigenvalue weighted by Crippen LogP contribution is -2.37. The summed E-state index contributed by atoms with van der Waals surface area (Å²) >= 11 is 0. The van der Waals surface area contributed by atoms with Crippen LogP contribution in [-0.2, 0) is 11.2 Å². The van der Waals surface area contributed by atoms with Crippen LogP contribution >= 0.6 is 0 Å². The second-order valence-electron chi connectivity index (χ2n) is 4.02. The molecule has 1 unspecified atom stereocenters. The van der Waals surface area contributed by atoms with Crippen molar-refractivity contribution in [3.8, 4) is 0 Å². The van der Waals surface area contributed by atoms with E-state index in [0.29, 0.717) is 6.42 Å². The van der Waals surface area contributed by atoms with Crippen molar-refractivity contribution < 1.29 is 9.90 Å². The Morgan fingerprint density at radius 3 is 2.81 bits per heavy atom. The predicted octanol–water partition coefficient (Wildman–Crippen LogP) is 1.42. The molecular formula is C13H19NO2. The van der Waals surface area contributed by atoms with E-state index in [1.165, 1.54) is 0 Å². The summed E-state index contributed by atoms with van der Waals surface area (Å²) in [5, 5.41) is 11.8. The molecule has 0 fully saturated rings. The van der Waals surface area contributed by atoms with E-state index >= 15 is 0 Å². The zero-order valence-electron chi connectivity index (χ0n) is 9.86. The second kappa shape index (κ2) is 6.28. The molecule has 1 aromatic rings. The topological polar surface area (TPSA) is 49.3 Å². The Hall–Kier alpha value is -1.35. The minimum Gasteiger partial charge on any atom is -0.394 e. The molecule has 0 radical (unpaired) electrons. The van der Waals surface area contributed by atoms with E-state index in [4.69, 9.17) is 5.11 Å². The highest BCUT2D eigenvalue weighted by Gasteiger charge is 2.09. The number of hydrogen-bond acceptors (Lipinski definition) is 2. The molecule has 0 saturated carbocycles. The first-order valence-corrected chi connectivity index (χ1v) is 5.61. The molecule has 1 aromatic carbocycles. The average Bonchev–Trinajstić information content (AvgIpc) is 2.26. The molecule has 2 N–H and O–H groups in total. The summed E-state index contributed by atoms with van der Waals surface area (Å²) in [4.78, 5) is 11.6. The van der Waals surface area contributed by atoms with E-state index in [-0.39, 0.29) is 18.6 Å². The van der Waals surface area contributed by atoms with E-state index in [9.17, 15) is 4.79 Å². The minimum absolute atomic E-state index is 0.00391. The van der Waals surface area contributed by atoms with Crippen LogP contribution in [0.4, 0.5) is 0 Å². The van der Waals surface area contributed by atoms with Gasteiger partial charge in [-0.15, -0.1) is 0 Å². The van der Waals surface area contributed by atoms with Gasteiger partial charge < -0.3 is 10.4 Å². The van der Waals surface area contributed by atoms with Gasteiger partial charge in [-0.2, -0.15) is 0 Å². The van der Waals surface area contributed by atoms with Crippen molar-refractivity contribution in [1.82, 2.24) is 5.32 Å². The number of amides is 1. The molecule has 3 heteroatoms. The van der Waals surface area contributed by atoms with Crippen LogP contribution in [0.15, 0.2) is 24.3 Å². The molecule has 0 heterocycles. The Balaban J connectivity index is 2.51. The van der Waals surface area contributed by atoms with E-state index in [1.807, 2.05) is 38.1 Å². The van der Waals surface area contributed by atoms with Gasteiger partial charge in [-0.3, -0.25) is 4.79 Å². The number of aryl methyl sites for hydroxylation is 1. The van der Waals surface area contributed by atoms with E-state index < -0.39 is 0 Å². The molecule has 1 atom stereocenters. The third-order valence-corrected chi connectivity index (χ3v) is 2.53. The van der Waals surface area contributed by atoms with Crippen LogP contribution < -0.4 is 5.32 Å². The van der Waals surface area contributed by atoms with Crippen LogP contribution in [0.25, 0.3) is 0 Å². The van der Waals surface area contributed by atoms with Crippen molar-refractivity contribution in [1.29, 1.82) is 0 Å². The van der Waals surface area contributed by atoms with Crippen LogP contribution in [0.2, 0.25) is 0 Å². The summed E-state index contributed by atoms with van der Waals surface area (Å²) in [5.74, 6) is -0.0356. The number of carbonyl (C=O) groups is 1. The van der Waals surface area contributed by atoms with Crippen LogP contribution in [0.3, 0.4) is 0 Å². The zero-order valence-corrected chi connectivity index (χ0v) is 9.86. The fraction of sp³-hybridized carbons (Fsp3) is 0.462. The third kappa shape index (κ3) is 4.03. The van der Waals surface area contributed by atoms with Crippen molar-refractivity contribution in [2.75, 3.05) is 6.61 Å². The van der Waals surface area contributed by atoms with Gasteiger partial charge in [0.1, 0.15) is 0 Å². The van der Waals surface area contributed by atoms with Gasteiger partial charge in [-0.05, 0) is 18.9 Å². The number of nitrogens with one attached hydrogen (secondary N) is 1. The number of carbonyl (C=O) groups excluding carboxylic acids is 1. The van der Waals surface area contributed by atoms with Gasteiger partial charge in [0.15, 0.2) is 0 Å². The molecule has 0 aliphatic carbocycles. The van der Waals surface area contributed by atoms with Gasteiger partial charge >= 0.3 is 0 Å². The lowest BCUT2D eigenvalue weighted by molar-refractivity contribution is -0.121. The molecular weight excluding hydrogens is 202 g/mol. The van der Waals surface area contributed by atoms with Crippen molar-refractivity contribution in [3.05, 3.63) is 35.4 Å². The van der Waals surface area contributed by atoms with Crippen LogP contribution in [0.5, 0.6) is 0 Å². The first kappa shape index (κ1) is 12.7. The molecule has 0 bridgehead atoms. The highest BCUT2D eigenvalue weighted by atomic mass is 16.3. The highest BCUT2D eigenvalue weighted by Crippen LogP contribution is 2.04. The summed E-state index contributed by atoms with van der Waals surface area (Å²) < 4.78 is 0. The summed E-state index contributed by atoms with van der Waals surface area (Å²) in [6.07, 6.45) is 1.12. The van der Waals surface area contributed by atoms with Gasteiger partial charge in [-0.25, -0.2) is 0 Å². The first-order valence-electron chi connectivity index (χ1n) is 5.61. The SMILES string of the molecule is CCC(CO)NC(=O)Cc1cccc(C)c1. The fourth-order valence-electron chi connectivity index (χ4n) is 1.56. The van der Waals surface area contributed by atoms with E-state index in [0.717, 1.165) is 17.5 Å². The first-order chi connectivity index (χ1) is 7.65. The summed E-state index contributed by atoms with van der Waals surface area (Å²) in [7, 11) is 0. The van der Waals surface area contributed by atoms with Crippen LogP contribution in [-0.4, -0.2) is 23.7 Å². The monoisotopic (exact) mass is 221 g/mol. The molecule has 0 saturated heterocycles. The van der Waals surface area contributed by atoms with Crippen molar-refractivity contribution in [2.45, 2.75) is 32.7 Å². The normalized spacial score (nSPS) is 12.2. The summed E-state index contributed by atoms with van der Waals surface area (Å²) in [6.45, 7) is 3.94. The average molecular weight is 221 g/mol. The lowest BCUT2D eigenvalue weighted by Gasteiger charge is -2.13. The molecule has 0 aromatic heterocycles. The maximum absolute atomic E-state index is 11.6. The quantitative estimate of drug-likeness (QED) is 0.790. The Morgan fingerprint density at radius 1 is 1.50 bits per heavy atom. The number of benzene rings is 1. The molecule has 0 aliphatic rings. The maximum Gasteiger partial charge on any atom is 0.224 e. The molecule has 16 heavy (non-hydrogen) atoms. The Bertz CT molecular complexity index is 346. The summed E-state index contributed by atoms with van der Waals surface area (Å²) in [5.41, 5.74) is 2.16. The minimum atomic E-state index is -0.127. The number of rotatable bonds is 5. The molecule has 1 rings (SSSR count). The Labute approximate surface area is 96.5 Å².